The van der Waals surface area contributed by atoms with Gasteiger partial charge >= 0.3 is 0 Å². The third-order valence-corrected chi connectivity index (χ3v) is 2.99. The van der Waals surface area contributed by atoms with Crippen molar-refractivity contribution in [2.75, 3.05) is 11.9 Å². The molecule has 3 aromatic rings. The van der Waals surface area contributed by atoms with Crippen LogP contribution in [-0.2, 0) is 6.54 Å². The summed E-state index contributed by atoms with van der Waals surface area (Å²) >= 11 is 0. The van der Waals surface area contributed by atoms with Gasteiger partial charge in [-0.1, -0.05) is 29.8 Å². The van der Waals surface area contributed by atoms with E-state index in [1.54, 1.807) is 0 Å². The molecule has 0 fully saturated rings. The smallest absolute Gasteiger partial charge is 0.200 e. The number of aryl methyl sites for hydroxylation is 1. The van der Waals surface area contributed by atoms with Crippen LogP contribution >= 0.6 is 0 Å². The summed E-state index contributed by atoms with van der Waals surface area (Å²) in [6.07, 6.45) is 0. The number of hydrogen-bond acceptors (Lipinski definition) is 5. The molecule has 6 nitrogen and oxygen atoms in total. The summed E-state index contributed by atoms with van der Waals surface area (Å²) in [5.74, 6) is 0.834. The molecule has 0 saturated heterocycles. The second-order valence-electron chi connectivity index (χ2n) is 4.56. The highest BCUT2D eigenvalue weighted by Gasteiger charge is 2.06. The molecule has 0 unspecified atom stereocenters. The monoisotopic (exact) mass is 254 g/mol. The largest absolute Gasteiger partial charge is 0.354 e. The fraction of sp³-hybridized carbons (Fsp3) is 0.231. The molecule has 0 N–H and O–H groups in total. The third-order valence-electron chi connectivity index (χ3n) is 2.99. The van der Waals surface area contributed by atoms with Gasteiger partial charge in [0.25, 0.3) is 0 Å². The second-order valence-corrected chi connectivity index (χ2v) is 4.56. The summed E-state index contributed by atoms with van der Waals surface area (Å²) in [6, 6.07) is 12.2. The highest BCUT2D eigenvalue weighted by molar-refractivity contribution is 5.44. The maximum Gasteiger partial charge on any atom is 0.200 e. The van der Waals surface area contributed by atoms with Crippen molar-refractivity contribution in [2.24, 2.45) is 0 Å². The minimum atomic E-state index is 0.646. The molecular formula is C13H14N6. The van der Waals surface area contributed by atoms with Crippen molar-refractivity contribution < 1.29 is 0 Å². The molecule has 0 radical (unpaired) electrons. The minimum absolute atomic E-state index is 0.646. The van der Waals surface area contributed by atoms with E-state index in [0.717, 1.165) is 12.4 Å². The predicted molar refractivity (Wildman–Crippen MR) is 71.9 cm³/mol. The maximum absolute atomic E-state index is 4.36. The van der Waals surface area contributed by atoms with Crippen LogP contribution in [0.4, 0.5) is 5.82 Å². The zero-order valence-electron chi connectivity index (χ0n) is 10.9. The summed E-state index contributed by atoms with van der Waals surface area (Å²) in [6.45, 7) is 2.88. The molecule has 6 heteroatoms. The van der Waals surface area contributed by atoms with Crippen LogP contribution < -0.4 is 4.90 Å². The fourth-order valence-corrected chi connectivity index (χ4v) is 1.89. The predicted octanol–water partition coefficient (Wildman–Crippen LogP) is 1.46. The molecule has 0 amide bonds. The van der Waals surface area contributed by atoms with Crippen molar-refractivity contribution in [3.05, 3.63) is 47.5 Å². The number of fused-ring (bicyclic) bond motifs is 1. The Morgan fingerprint density at radius 1 is 1.11 bits per heavy atom. The second kappa shape index (κ2) is 4.64. The molecule has 0 bridgehead atoms. The number of benzene rings is 1. The molecule has 0 atom stereocenters. The highest BCUT2D eigenvalue weighted by Crippen LogP contribution is 2.13. The summed E-state index contributed by atoms with van der Waals surface area (Å²) in [5.41, 5.74) is 3.15. The van der Waals surface area contributed by atoms with Gasteiger partial charge in [0.2, 0.25) is 0 Å². The lowest BCUT2D eigenvalue weighted by molar-refractivity contribution is 0.720. The van der Waals surface area contributed by atoms with Gasteiger partial charge in [-0.25, -0.2) is 0 Å². The Morgan fingerprint density at radius 2 is 1.89 bits per heavy atom. The molecule has 2 aromatic heterocycles. The summed E-state index contributed by atoms with van der Waals surface area (Å²) in [5, 5.41) is 15.6. The van der Waals surface area contributed by atoms with Crippen LogP contribution in [0.25, 0.3) is 5.65 Å². The first-order chi connectivity index (χ1) is 9.22. The van der Waals surface area contributed by atoms with Crippen LogP contribution in [0.15, 0.2) is 36.4 Å². The highest BCUT2D eigenvalue weighted by atomic mass is 15.6. The minimum Gasteiger partial charge on any atom is -0.354 e. The van der Waals surface area contributed by atoms with Gasteiger partial charge in [0.1, 0.15) is 0 Å². The van der Waals surface area contributed by atoms with Gasteiger partial charge in [-0.15, -0.1) is 14.8 Å². The quantitative estimate of drug-likeness (QED) is 0.708. The molecular weight excluding hydrogens is 240 g/mol. The van der Waals surface area contributed by atoms with Crippen LogP contribution in [0.5, 0.6) is 0 Å². The van der Waals surface area contributed by atoms with Gasteiger partial charge < -0.3 is 4.90 Å². The van der Waals surface area contributed by atoms with Gasteiger partial charge in [0, 0.05) is 13.6 Å². The lowest BCUT2D eigenvalue weighted by atomic mass is 10.1. The van der Waals surface area contributed by atoms with Gasteiger partial charge in [-0.2, -0.15) is 0 Å². The molecule has 0 aliphatic heterocycles. The van der Waals surface area contributed by atoms with E-state index in [0.29, 0.717) is 5.65 Å². The molecule has 2 heterocycles. The molecule has 96 valence electrons. The number of rotatable bonds is 3. The van der Waals surface area contributed by atoms with Crippen LogP contribution in [-0.4, -0.2) is 32.3 Å². The van der Waals surface area contributed by atoms with E-state index in [1.807, 2.05) is 19.2 Å². The fourth-order valence-electron chi connectivity index (χ4n) is 1.89. The Morgan fingerprint density at radius 3 is 2.68 bits per heavy atom. The lowest BCUT2D eigenvalue weighted by Crippen LogP contribution is -2.18. The van der Waals surface area contributed by atoms with Gasteiger partial charge in [-0.05, 0) is 35.0 Å². The Balaban J connectivity index is 1.82. The van der Waals surface area contributed by atoms with Gasteiger partial charge in [0.05, 0.1) is 0 Å². The van der Waals surface area contributed by atoms with E-state index in [4.69, 9.17) is 0 Å². The van der Waals surface area contributed by atoms with Crippen LogP contribution in [0.1, 0.15) is 11.1 Å². The molecule has 0 aliphatic carbocycles. The Kier molecular flexibility index (Phi) is 2.83. The first kappa shape index (κ1) is 11.6. The number of hydrogen-bond donors (Lipinski definition) is 0. The van der Waals surface area contributed by atoms with Crippen molar-refractivity contribution in [3.63, 3.8) is 0 Å². The number of aromatic nitrogens is 5. The topological polar surface area (TPSA) is 59.2 Å². The van der Waals surface area contributed by atoms with Crippen LogP contribution in [0.2, 0.25) is 0 Å². The average molecular weight is 254 g/mol. The Labute approximate surface area is 110 Å². The van der Waals surface area contributed by atoms with Crippen LogP contribution in [0, 0.1) is 6.92 Å². The van der Waals surface area contributed by atoms with E-state index in [9.17, 15) is 0 Å². The van der Waals surface area contributed by atoms with E-state index in [1.165, 1.54) is 15.8 Å². The van der Waals surface area contributed by atoms with Crippen LogP contribution in [0.3, 0.4) is 0 Å². The first-order valence-corrected chi connectivity index (χ1v) is 6.04. The van der Waals surface area contributed by atoms with Crippen molar-refractivity contribution in [2.45, 2.75) is 13.5 Å². The lowest BCUT2D eigenvalue weighted by Gasteiger charge is -2.17. The first-order valence-electron chi connectivity index (χ1n) is 6.04. The van der Waals surface area contributed by atoms with E-state index < -0.39 is 0 Å². The number of anilines is 1. The van der Waals surface area contributed by atoms with E-state index >= 15 is 0 Å². The number of tetrazole rings is 1. The SMILES string of the molecule is Cc1ccc(CN(C)c2ccc3nnnn3n2)cc1. The van der Waals surface area contributed by atoms with Crippen molar-refractivity contribution in [1.29, 1.82) is 0 Å². The van der Waals surface area contributed by atoms with Crippen molar-refractivity contribution >= 4 is 11.5 Å². The summed E-state index contributed by atoms with van der Waals surface area (Å²) in [7, 11) is 2.00. The molecule has 0 spiro atoms. The van der Waals surface area contributed by atoms with E-state index in [-0.39, 0.29) is 0 Å². The third kappa shape index (κ3) is 2.37. The van der Waals surface area contributed by atoms with E-state index in [2.05, 4.69) is 56.7 Å². The molecule has 3 rings (SSSR count). The molecule has 0 aliphatic rings. The van der Waals surface area contributed by atoms with Crippen molar-refractivity contribution in [3.8, 4) is 0 Å². The Hall–Kier alpha value is -2.50. The summed E-state index contributed by atoms with van der Waals surface area (Å²) in [4.78, 5) is 2.06. The zero-order valence-corrected chi connectivity index (χ0v) is 10.9. The van der Waals surface area contributed by atoms with Crippen molar-refractivity contribution in [1.82, 2.24) is 25.3 Å². The molecule has 19 heavy (non-hydrogen) atoms. The van der Waals surface area contributed by atoms with Gasteiger partial charge in [-0.3, -0.25) is 0 Å². The van der Waals surface area contributed by atoms with Gasteiger partial charge in [0.15, 0.2) is 11.5 Å². The zero-order chi connectivity index (χ0) is 13.2. The molecule has 0 saturated carbocycles. The maximum atomic E-state index is 4.36. The standard InChI is InChI=1S/C13H14N6/c1-10-3-5-11(6-4-10)9-18(2)13-8-7-12-14-16-17-19(12)15-13/h3-8H,9H2,1-2H3. The Bertz CT molecular complexity index is 688. The average Bonchev–Trinajstić information content (AvgIpc) is 2.88. The number of nitrogens with zero attached hydrogens (tertiary/aromatic N) is 6. The normalized spacial score (nSPS) is 10.8. The molecule has 1 aromatic carbocycles. The summed E-state index contributed by atoms with van der Waals surface area (Å²) < 4.78 is 1.43.